The van der Waals surface area contributed by atoms with Crippen LogP contribution in [0.5, 0.6) is 0 Å². The van der Waals surface area contributed by atoms with Crippen molar-refractivity contribution in [3.05, 3.63) is 0 Å². The number of carbonyl (C=O) groups is 2. The molecule has 2 aliphatic carbocycles. The van der Waals surface area contributed by atoms with Crippen LogP contribution in [-0.4, -0.2) is 54.9 Å². The summed E-state index contributed by atoms with van der Waals surface area (Å²) < 4.78 is 4.93. The normalized spacial score (nSPS) is 19.1. The molecule has 2 rings (SSSR count). The second-order valence-electron chi connectivity index (χ2n) is 6.27. The van der Waals surface area contributed by atoms with E-state index in [1.165, 1.54) is 25.7 Å². The lowest BCUT2D eigenvalue weighted by atomic mass is 10.1. The van der Waals surface area contributed by atoms with Crippen LogP contribution in [0, 0.1) is 11.8 Å². The first-order valence-electron chi connectivity index (χ1n) is 7.87. The minimum absolute atomic E-state index is 0.224. The van der Waals surface area contributed by atoms with Crippen molar-refractivity contribution in [2.45, 2.75) is 44.6 Å². The van der Waals surface area contributed by atoms with Crippen molar-refractivity contribution in [3.8, 4) is 0 Å². The predicted octanol–water partition coefficient (Wildman–Crippen LogP) is 1.70. The molecule has 120 valence electrons. The summed E-state index contributed by atoms with van der Waals surface area (Å²) in [5.74, 6) is 0.259. The molecule has 0 heterocycles. The number of hydrogen-bond donors (Lipinski definition) is 2. The van der Waals surface area contributed by atoms with Crippen LogP contribution >= 0.6 is 0 Å². The second-order valence-corrected chi connectivity index (χ2v) is 6.27. The topological polar surface area (TPSA) is 78.9 Å². The number of aliphatic carboxylic acids is 1. The van der Waals surface area contributed by atoms with E-state index in [-0.39, 0.29) is 6.03 Å². The number of nitrogens with one attached hydrogen (secondary N) is 1. The summed E-state index contributed by atoms with van der Waals surface area (Å²) in [5.41, 5.74) is 0. The van der Waals surface area contributed by atoms with Gasteiger partial charge in [0.1, 0.15) is 6.04 Å². The fourth-order valence-electron chi connectivity index (χ4n) is 2.39. The average Bonchev–Trinajstić information content (AvgIpc) is 3.31. The standard InChI is InChI=1S/C15H26N2O4/c1-21-8-2-3-13(14(18)19)16-15(20)17(9-11-4-5-11)10-12-6-7-12/h11-13H,2-10H2,1H3,(H,16,20)(H,18,19). The number of carboxylic acid groups (broad SMARTS) is 1. The number of methoxy groups -OCH3 is 1. The summed E-state index contributed by atoms with van der Waals surface area (Å²) in [5, 5.41) is 11.9. The monoisotopic (exact) mass is 298 g/mol. The van der Waals surface area contributed by atoms with Crippen LogP contribution in [0.2, 0.25) is 0 Å². The number of amides is 2. The van der Waals surface area contributed by atoms with Crippen molar-refractivity contribution in [2.75, 3.05) is 26.8 Å². The van der Waals surface area contributed by atoms with Crippen LogP contribution in [0.15, 0.2) is 0 Å². The van der Waals surface area contributed by atoms with Crippen molar-refractivity contribution < 1.29 is 19.4 Å². The van der Waals surface area contributed by atoms with Crippen molar-refractivity contribution in [1.82, 2.24) is 10.2 Å². The largest absolute Gasteiger partial charge is 0.480 e. The van der Waals surface area contributed by atoms with Gasteiger partial charge in [0.05, 0.1) is 0 Å². The van der Waals surface area contributed by atoms with Crippen LogP contribution in [0.4, 0.5) is 4.79 Å². The molecular formula is C15H26N2O4. The van der Waals surface area contributed by atoms with Gasteiger partial charge in [0.2, 0.25) is 0 Å². The Morgan fingerprint density at radius 1 is 1.24 bits per heavy atom. The molecule has 6 nitrogen and oxygen atoms in total. The SMILES string of the molecule is COCCCC(NC(=O)N(CC1CC1)CC1CC1)C(=O)O. The van der Waals surface area contributed by atoms with E-state index in [1.54, 1.807) is 7.11 Å². The molecule has 2 aliphatic rings. The molecule has 0 radical (unpaired) electrons. The quantitative estimate of drug-likeness (QED) is 0.602. The lowest BCUT2D eigenvalue weighted by Crippen LogP contribution is -2.49. The number of hydrogen-bond acceptors (Lipinski definition) is 3. The minimum atomic E-state index is -0.975. The first kappa shape index (κ1) is 16.1. The van der Waals surface area contributed by atoms with Gasteiger partial charge in [0, 0.05) is 26.8 Å². The van der Waals surface area contributed by atoms with Gasteiger partial charge in [0.15, 0.2) is 0 Å². The third kappa shape index (κ3) is 5.91. The van der Waals surface area contributed by atoms with Gasteiger partial charge in [-0.2, -0.15) is 0 Å². The molecule has 0 aromatic rings. The third-order valence-electron chi connectivity index (χ3n) is 4.08. The predicted molar refractivity (Wildman–Crippen MR) is 78.1 cm³/mol. The molecule has 2 N–H and O–H groups in total. The maximum Gasteiger partial charge on any atom is 0.326 e. The Hall–Kier alpha value is -1.30. The number of rotatable bonds is 10. The lowest BCUT2D eigenvalue weighted by Gasteiger charge is -2.25. The van der Waals surface area contributed by atoms with Crippen LogP contribution in [0.25, 0.3) is 0 Å². The van der Waals surface area contributed by atoms with Crippen LogP contribution in [0.1, 0.15) is 38.5 Å². The molecule has 2 saturated carbocycles. The van der Waals surface area contributed by atoms with Crippen LogP contribution < -0.4 is 5.32 Å². The number of carbonyl (C=O) groups excluding carboxylic acids is 1. The molecule has 0 aliphatic heterocycles. The Morgan fingerprint density at radius 3 is 2.24 bits per heavy atom. The van der Waals surface area contributed by atoms with E-state index in [1.807, 2.05) is 4.90 Å². The van der Waals surface area contributed by atoms with Gasteiger partial charge in [-0.15, -0.1) is 0 Å². The maximum atomic E-state index is 12.3. The first-order valence-corrected chi connectivity index (χ1v) is 7.87. The van der Waals surface area contributed by atoms with E-state index in [9.17, 15) is 14.7 Å². The smallest absolute Gasteiger partial charge is 0.326 e. The fraction of sp³-hybridized carbons (Fsp3) is 0.867. The Labute approximate surface area is 125 Å². The highest BCUT2D eigenvalue weighted by molar-refractivity contribution is 5.82. The fourth-order valence-corrected chi connectivity index (χ4v) is 2.39. The Balaban J connectivity index is 1.82. The van der Waals surface area contributed by atoms with Gasteiger partial charge in [-0.05, 0) is 50.4 Å². The molecule has 2 amide bonds. The van der Waals surface area contributed by atoms with Crippen molar-refractivity contribution in [1.29, 1.82) is 0 Å². The first-order chi connectivity index (χ1) is 10.1. The molecule has 0 saturated heterocycles. The highest BCUT2D eigenvalue weighted by Crippen LogP contribution is 2.33. The summed E-state index contributed by atoms with van der Waals surface area (Å²) in [7, 11) is 1.58. The Morgan fingerprint density at radius 2 is 1.81 bits per heavy atom. The zero-order valence-corrected chi connectivity index (χ0v) is 12.7. The molecular weight excluding hydrogens is 272 g/mol. The molecule has 0 aromatic carbocycles. The van der Waals surface area contributed by atoms with E-state index in [0.717, 1.165) is 13.1 Å². The van der Waals surface area contributed by atoms with Gasteiger partial charge in [-0.1, -0.05) is 0 Å². The van der Waals surface area contributed by atoms with Gasteiger partial charge < -0.3 is 20.1 Å². The molecule has 2 fully saturated rings. The van der Waals surface area contributed by atoms with Gasteiger partial charge >= 0.3 is 12.0 Å². The number of ether oxygens (including phenoxy) is 1. The molecule has 0 spiro atoms. The number of urea groups is 1. The highest BCUT2D eigenvalue weighted by Gasteiger charge is 2.32. The van der Waals surface area contributed by atoms with E-state index in [0.29, 0.717) is 31.3 Å². The summed E-state index contributed by atoms with van der Waals surface area (Å²) in [6.07, 6.45) is 5.76. The van der Waals surface area contributed by atoms with Gasteiger partial charge in [-0.3, -0.25) is 0 Å². The van der Waals surface area contributed by atoms with E-state index < -0.39 is 12.0 Å². The van der Waals surface area contributed by atoms with E-state index >= 15 is 0 Å². The van der Waals surface area contributed by atoms with Crippen molar-refractivity contribution >= 4 is 12.0 Å². The van der Waals surface area contributed by atoms with Crippen LogP contribution in [-0.2, 0) is 9.53 Å². The van der Waals surface area contributed by atoms with E-state index in [4.69, 9.17) is 4.74 Å². The molecule has 1 atom stereocenters. The lowest BCUT2D eigenvalue weighted by molar-refractivity contribution is -0.139. The number of nitrogens with zero attached hydrogens (tertiary/aromatic N) is 1. The molecule has 21 heavy (non-hydrogen) atoms. The summed E-state index contributed by atoms with van der Waals surface area (Å²) in [6, 6.07) is -1.05. The second kappa shape index (κ2) is 7.64. The molecule has 0 aromatic heterocycles. The molecule has 1 unspecified atom stereocenters. The number of carboxylic acids is 1. The average molecular weight is 298 g/mol. The molecule has 0 bridgehead atoms. The van der Waals surface area contributed by atoms with Crippen molar-refractivity contribution in [2.24, 2.45) is 11.8 Å². The zero-order valence-electron chi connectivity index (χ0n) is 12.7. The van der Waals surface area contributed by atoms with Gasteiger partial charge in [-0.25, -0.2) is 9.59 Å². The molecule has 6 heteroatoms. The Kier molecular flexibility index (Phi) is 5.85. The van der Waals surface area contributed by atoms with Crippen molar-refractivity contribution in [3.63, 3.8) is 0 Å². The summed E-state index contributed by atoms with van der Waals surface area (Å²) in [6.45, 7) is 2.05. The summed E-state index contributed by atoms with van der Waals surface area (Å²) in [4.78, 5) is 25.4. The van der Waals surface area contributed by atoms with Gasteiger partial charge in [0.25, 0.3) is 0 Å². The maximum absolute atomic E-state index is 12.3. The Bertz CT molecular complexity index is 353. The third-order valence-corrected chi connectivity index (χ3v) is 4.08. The van der Waals surface area contributed by atoms with E-state index in [2.05, 4.69) is 5.32 Å². The highest BCUT2D eigenvalue weighted by atomic mass is 16.5. The zero-order chi connectivity index (χ0) is 15.2. The summed E-state index contributed by atoms with van der Waals surface area (Å²) >= 11 is 0. The van der Waals surface area contributed by atoms with Crippen LogP contribution in [0.3, 0.4) is 0 Å². The minimum Gasteiger partial charge on any atom is -0.480 e.